The van der Waals surface area contributed by atoms with Crippen LogP contribution in [0.4, 0.5) is 0 Å². The fourth-order valence-corrected chi connectivity index (χ4v) is 3.66. The van der Waals surface area contributed by atoms with Gasteiger partial charge < -0.3 is 10.8 Å². The van der Waals surface area contributed by atoms with Crippen molar-refractivity contribution in [2.45, 2.75) is 24.8 Å². The number of hydrogen-bond donors (Lipinski definition) is 2. The molecule has 1 atom stereocenters. The van der Waals surface area contributed by atoms with Crippen LogP contribution in [0.3, 0.4) is 0 Å². The van der Waals surface area contributed by atoms with Gasteiger partial charge in [0.2, 0.25) is 0 Å². The number of aryl methyl sites for hydroxylation is 1. The van der Waals surface area contributed by atoms with E-state index in [1.54, 1.807) is 0 Å². The number of nitrogens with two attached hydrogens (primary N) is 1. The highest BCUT2D eigenvalue weighted by molar-refractivity contribution is 9.11. The standard InChI is InChI=1S/C9H10BrNO2S/c10-6-4-5-2-1-3-9(11,8(12)13)7(5)14-6/h4H,1-3,11H2,(H,12,13). The van der Waals surface area contributed by atoms with Gasteiger partial charge in [-0.25, -0.2) is 4.79 Å². The lowest BCUT2D eigenvalue weighted by atomic mass is 9.83. The Morgan fingerprint density at radius 3 is 3.07 bits per heavy atom. The van der Waals surface area contributed by atoms with Gasteiger partial charge in [0.1, 0.15) is 5.54 Å². The summed E-state index contributed by atoms with van der Waals surface area (Å²) in [5.74, 6) is -0.923. The second kappa shape index (κ2) is 3.32. The molecule has 1 heterocycles. The molecule has 0 aromatic carbocycles. The first-order valence-corrected chi connectivity index (χ1v) is 5.96. The minimum absolute atomic E-state index is 0.530. The number of carboxylic acid groups (broad SMARTS) is 1. The molecule has 14 heavy (non-hydrogen) atoms. The SMILES string of the molecule is NC1(C(=O)O)CCCc2cc(Br)sc21. The van der Waals surface area contributed by atoms with Crippen molar-refractivity contribution in [1.29, 1.82) is 0 Å². The molecule has 2 rings (SSSR count). The highest BCUT2D eigenvalue weighted by Crippen LogP contribution is 2.40. The third-order valence-electron chi connectivity index (χ3n) is 2.58. The van der Waals surface area contributed by atoms with E-state index in [0.29, 0.717) is 6.42 Å². The largest absolute Gasteiger partial charge is 0.480 e. The van der Waals surface area contributed by atoms with Gasteiger partial charge in [-0.1, -0.05) is 0 Å². The number of halogens is 1. The van der Waals surface area contributed by atoms with Gasteiger partial charge in [-0.15, -0.1) is 11.3 Å². The predicted octanol–water partition coefficient (Wildman–Crippen LogP) is 2.09. The molecule has 0 radical (unpaired) electrons. The van der Waals surface area contributed by atoms with Crippen LogP contribution in [0.1, 0.15) is 23.3 Å². The van der Waals surface area contributed by atoms with Crippen LogP contribution < -0.4 is 5.73 Å². The molecule has 0 spiro atoms. The second-order valence-corrected chi connectivity index (χ2v) is 5.97. The predicted molar refractivity (Wildman–Crippen MR) is 58.5 cm³/mol. The molecule has 1 aromatic heterocycles. The number of rotatable bonds is 1. The van der Waals surface area contributed by atoms with Gasteiger partial charge in [-0.3, -0.25) is 0 Å². The number of fused-ring (bicyclic) bond motifs is 1. The first kappa shape index (κ1) is 10.1. The van der Waals surface area contributed by atoms with Crippen LogP contribution in [0.2, 0.25) is 0 Å². The van der Waals surface area contributed by atoms with Crippen LogP contribution in [-0.2, 0) is 16.8 Å². The van der Waals surface area contributed by atoms with Crippen molar-refractivity contribution in [3.63, 3.8) is 0 Å². The van der Waals surface area contributed by atoms with Gasteiger partial charge in [0, 0.05) is 4.88 Å². The van der Waals surface area contributed by atoms with Crippen molar-refractivity contribution >= 4 is 33.2 Å². The smallest absolute Gasteiger partial charge is 0.329 e. The number of thiophene rings is 1. The van der Waals surface area contributed by atoms with Gasteiger partial charge in [-0.2, -0.15) is 0 Å². The molecule has 0 aliphatic heterocycles. The molecular formula is C9H10BrNO2S. The molecule has 0 bridgehead atoms. The Bertz CT molecular complexity index is 390. The zero-order valence-corrected chi connectivity index (χ0v) is 9.82. The lowest BCUT2D eigenvalue weighted by molar-refractivity contribution is -0.144. The van der Waals surface area contributed by atoms with Crippen molar-refractivity contribution in [2.24, 2.45) is 5.73 Å². The van der Waals surface area contributed by atoms with Crippen LogP contribution in [-0.4, -0.2) is 11.1 Å². The number of hydrogen-bond acceptors (Lipinski definition) is 3. The third kappa shape index (κ3) is 1.39. The van der Waals surface area contributed by atoms with E-state index >= 15 is 0 Å². The van der Waals surface area contributed by atoms with Crippen molar-refractivity contribution in [1.82, 2.24) is 0 Å². The zero-order valence-electron chi connectivity index (χ0n) is 7.42. The summed E-state index contributed by atoms with van der Waals surface area (Å²) in [5, 5.41) is 9.12. The molecular weight excluding hydrogens is 266 g/mol. The van der Waals surface area contributed by atoms with Gasteiger partial charge in [0.05, 0.1) is 3.79 Å². The normalized spacial score (nSPS) is 25.9. The maximum absolute atomic E-state index is 11.1. The first-order valence-electron chi connectivity index (χ1n) is 4.35. The molecule has 1 aliphatic carbocycles. The molecule has 0 saturated carbocycles. The zero-order chi connectivity index (χ0) is 10.3. The Labute approximate surface area is 94.1 Å². The van der Waals surface area contributed by atoms with Crippen molar-refractivity contribution in [3.8, 4) is 0 Å². The van der Waals surface area contributed by atoms with E-state index in [4.69, 9.17) is 10.8 Å². The van der Waals surface area contributed by atoms with E-state index in [0.717, 1.165) is 27.1 Å². The maximum Gasteiger partial charge on any atom is 0.329 e. The van der Waals surface area contributed by atoms with Crippen molar-refractivity contribution in [3.05, 3.63) is 20.3 Å². The average molecular weight is 276 g/mol. The summed E-state index contributed by atoms with van der Waals surface area (Å²) in [6, 6.07) is 1.98. The molecule has 1 aliphatic rings. The summed E-state index contributed by atoms with van der Waals surface area (Å²) in [4.78, 5) is 11.9. The Hall–Kier alpha value is -0.390. The molecule has 3 N–H and O–H groups in total. The van der Waals surface area contributed by atoms with Crippen LogP contribution in [0.15, 0.2) is 9.85 Å². The number of aliphatic carboxylic acids is 1. The maximum atomic E-state index is 11.1. The van der Waals surface area contributed by atoms with Crippen LogP contribution in [0.5, 0.6) is 0 Å². The fourth-order valence-electron chi connectivity index (χ4n) is 1.83. The Morgan fingerprint density at radius 2 is 2.43 bits per heavy atom. The highest BCUT2D eigenvalue weighted by Gasteiger charge is 2.41. The topological polar surface area (TPSA) is 63.3 Å². The Morgan fingerprint density at radius 1 is 1.71 bits per heavy atom. The Balaban J connectivity index is 2.54. The van der Waals surface area contributed by atoms with E-state index in [9.17, 15) is 4.79 Å². The molecule has 1 unspecified atom stereocenters. The molecule has 1 aromatic rings. The average Bonchev–Trinajstić information content (AvgIpc) is 2.47. The van der Waals surface area contributed by atoms with E-state index in [2.05, 4.69) is 15.9 Å². The lowest BCUT2D eigenvalue weighted by Crippen LogP contribution is -2.46. The van der Waals surface area contributed by atoms with Crippen LogP contribution >= 0.6 is 27.3 Å². The van der Waals surface area contributed by atoms with E-state index < -0.39 is 11.5 Å². The number of carboxylic acids is 1. The Kier molecular flexibility index (Phi) is 2.41. The van der Waals surface area contributed by atoms with Crippen LogP contribution in [0, 0.1) is 0 Å². The van der Waals surface area contributed by atoms with E-state index in [1.165, 1.54) is 11.3 Å². The molecule has 0 saturated heterocycles. The molecule has 5 heteroatoms. The molecule has 0 amide bonds. The minimum Gasteiger partial charge on any atom is -0.480 e. The summed E-state index contributed by atoms with van der Waals surface area (Å²) >= 11 is 4.80. The van der Waals surface area contributed by atoms with Crippen LogP contribution in [0.25, 0.3) is 0 Å². The monoisotopic (exact) mass is 275 g/mol. The molecule has 0 fully saturated rings. The third-order valence-corrected chi connectivity index (χ3v) is 4.44. The van der Waals surface area contributed by atoms with Gasteiger partial charge in [-0.05, 0) is 46.8 Å². The first-order chi connectivity index (χ1) is 6.54. The van der Waals surface area contributed by atoms with E-state index in [-0.39, 0.29) is 0 Å². The lowest BCUT2D eigenvalue weighted by Gasteiger charge is -2.28. The van der Waals surface area contributed by atoms with Crippen molar-refractivity contribution in [2.75, 3.05) is 0 Å². The summed E-state index contributed by atoms with van der Waals surface area (Å²) in [7, 11) is 0. The minimum atomic E-state index is -1.16. The fraction of sp³-hybridized carbons (Fsp3) is 0.444. The summed E-state index contributed by atoms with van der Waals surface area (Å²) in [6.45, 7) is 0. The number of carbonyl (C=O) groups is 1. The quantitative estimate of drug-likeness (QED) is 0.825. The highest BCUT2D eigenvalue weighted by atomic mass is 79.9. The summed E-state index contributed by atoms with van der Waals surface area (Å²) < 4.78 is 0.959. The van der Waals surface area contributed by atoms with Gasteiger partial charge in [0.25, 0.3) is 0 Å². The van der Waals surface area contributed by atoms with Gasteiger partial charge in [0.15, 0.2) is 0 Å². The van der Waals surface area contributed by atoms with Gasteiger partial charge >= 0.3 is 5.97 Å². The second-order valence-electron chi connectivity index (χ2n) is 3.53. The summed E-state index contributed by atoms with van der Waals surface area (Å²) in [6.07, 6.45) is 2.31. The molecule has 76 valence electrons. The van der Waals surface area contributed by atoms with E-state index in [1.807, 2.05) is 6.07 Å². The van der Waals surface area contributed by atoms with Crippen molar-refractivity contribution < 1.29 is 9.90 Å². The summed E-state index contributed by atoms with van der Waals surface area (Å²) in [5.41, 5.74) is 5.84. The molecule has 3 nitrogen and oxygen atoms in total.